The maximum absolute atomic E-state index is 12.9. The molecule has 1 atom stereocenters. The van der Waals surface area contributed by atoms with E-state index in [1.165, 1.54) is 14.0 Å². The Morgan fingerprint density at radius 2 is 1.79 bits per heavy atom. The van der Waals surface area contributed by atoms with Crippen LogP contribution in [0.1, 0.15) is 12.5 Å². The second kappa shape index (κ2) is 9.84. The van der Waals surface area contributed by atoms with Gasteiger partial charge >= 0.3 is 0 Å². The van der Waals surface area contributed by atoms with Gasteiger partial charge in [-0.2, -0.15) is 0 Å². The summed E-state index contributed by atoms with van der Waals surface area (Å²) in [6, 6.07) is 12.2. The first-order chi connectivity index (χ1) is 13.5. The van der Waals surface area contributed by atoms with Crippen LogP contribution in [0.4, 0.5) is 5.69 Å². The summed E-state index contributed by atoms with van der Waals surface area (Å²) in [6.07, 6.45) is 2.23. The smallest absolute Gasteiger partial charge is 0.247 e. The fourth-order valence-electron chi connectivity index (χ4n) is 3.12. The predicted molar refractivity (Wildman–Crippen MR) is 108 cm³/mol. The van der Waals surface area contributed by atoms with Gasteiger partial charge in [0, 0.05) is 42.2 Å². The first-order valence-electron chi connectivity index (χ1n) is 8.86. The molecule has 0 bridgehead atoms. The molecule has 0 aliphatic heterocycles. The molecule has 2 amide bonds. The monoisotopic (exact) mass is 416 g/mol. The quantitative estimate of drug-likeness (QED) is 0.500. The number of aromatic amines is 1. The van der Waals surface area contributed by atoms with Crippen LogP contribution < -0.4 is 32.5 Å². The van der Waals surface area contributed by atoms with E-state index in [9.17, 15) is 9.59 Å². The first-order valence-corrected chi connectivity index (χ1v) is 8.86. The Bertz CT molecular complexity index is 1000. The zero-order chi connectivity index (χ0) is 20.1. The van der Waals surface area contributed by atoms with Gasteiger partial charge < -0.3 is 37.5 Å². The molecule has 0 spiro atoms. The van der Waals surface area contributed by atoms with Crippen molar-refractivity contribution in [3.05, 3.63) is 54.2 Å². The van der Waals surface area contributed by atoms with Crippen molar-refractivity contribution >= 4 is 28.4 Å². The van der Waals surface area contributed by atoms with Gasteiger partial charge in [-0.05, 0) is 23.8 Å². The third-order valence-electron chi connectivity index (χ3n) is 4.44. The lowest BCUT2D eigenvalue weighted by atomic mass is 10.0. The molecule has 0 radical (unpaired) electrons. The third-order valence-corrected chi connectivity index (χ3v) is 4.44. The molecule has 1 aromatic heterocycles. The van der Waals surface area contributed by atoms with Gasteiger partial charge in [0.15, 0.2) is 11.5 Å². The number of aromatic nitrogens is 1. The highest BCUT2D eigenvalue weighted by Crippen LogP contribution is 2.30. The van der Waals surface area contributed by atoms with E-state index in [2.05, 4.69) is 15.6 Å². The summed E-state index contributed by atoms with van der Waals surface area (Å²) in [4.78, 5) is 27.7. The SMILES string of the molecule is COc1ccc(NC(=O)C(Cc2c[nH]c3ccccc23)NC(C)=O)cc1OC.[Cl-]. The lowest BCUT2D eigenvalue weighted by Gasteiger charge is -2.18. The molecule has 3 rings (SSSR count). The number of carbonyl (C=O) groups excluding carboxylic acids is 2. The molecule has 29 heavy (non-hydrogen) atoms. The molecule has 1 heterocycles. The Morgan fingerprint density at radius 1 is 1.07 bits per heavy atom. The zero-order valence-electron chi connectivity index (χ0n) is 16.4. The number of H-pyrrole nitrogens is 1. The van der Waals surface area contributed by atoms with Crippen LogP contribution in [-0.4, -0.2) is 37.1 Å². The Hall–Kier alpha value is -3.19. The predicted octanol–water partition coefficient (Wildman–Crippen LogP) is -0.125. The number of carbonyl (C=O) groups is 2. The minimum atomic E-state index is -0.718. The molecule has 3 aromatic rings. The standard InChI is InChI=1S/C21H23N3O4.ClH/c1-13(25)23-18(10-14-12-22-17-7-5-4-6-16(14)17)21(26)24-15-8-9-19(27-2)20(11-15)28-3;/h4-9,11-12,18,22H,10H2,1-3H3,(H,23,25)(H,24,26);1H/p-1. The van der Waals surface area contributed by atoms with Crippen molar-refractivity contribution in [1.29, 1.82) is 0 Å². The largest absolute Gasteiger partial charge is 1.00 e. The lowest BCUT2D eigenvalue weighted by Crippen LogP contribution is -3.00. The van der Waals surface area contributed by atoms with E-state index in [4.69, 9.17) is 9.47 Å². The number of benzene rings is 2. The number of hydrogen-bond acceptors (Lipinski definition) is 4. The minimum absolute atomic E-state index is 0. The second-order valence-electron chi connectivity index (χ2n) is 6.38. The van der Waals surface area contributed by atoms with E-state index in [0.29, 0.717) is 23.6 Å². The van der Waals surface area contributed by atoms with Crippen LogP contribution in [0, 0.1) is 0 Å². The molecule has 2 aromatic carbocycles. The number of ether oxygens (including phenoxy) is 2. The van der Waals surface area contributed by atoms with E-state index in [0.717, 1.165) is 16.5 Å². The van der Waals surface area contributed by atoms with E-state index in [1.807, 2.05) is 30.5 Å². The van der Waals surface area contributed by atoms with Gasteiger partial charge in [0.05, 0.1) is 14.2 Å². The van der Waals surface area contributed by atoms with Crippen molar-refractivity contribution in [1.82, 2.24) is 10.3 Å². The number of hydrogen-bond donors (Lipinski definition) is 3. The van der Waals surface area contributed by atoms with Crippen LogP contribution in [0.5, 0.6) is 11.5 Å². The van der Waals surface area contributed by atoms with Crippen LogP contribution in [0.2, 0.25) is 0 Å². The molecule has 7 nitrogen and oxygen atoms in total. The number of amides is 2. The van der Waals surface area contributed by atoms with Gasteiger partial charge in [-0.1, -0.05) is 18.2 Å². The van der Waals surface area contributed by atoms with Crippen molar-refractivity contribution in [3.8, 4) is 11.5 Å². The van der Waals surface area contributed by atoms with Gasteiger partial charge in [0.2, 0.25) is 11.8 Å². The Morgan fingerprint density at radius 3 is 2.48 bits per heavy atom. The molecule has 0 fully saturated rings. The van der Waals surface area contributed by atoms with Crippen molar-refractivity contribution in [2.45, 2.75) is 19.4 Å². The molecule has 3 N–H and O–H groups in total. The number of methoxy groups -OCH3 is 2. The highest BCUT2D eigenvalue weighted by Gasteiger charge is 2.22. The molecule has 0 aliphatic rings. The summed E-state index contributed by atoms with van der Waals surface area (Å²) in [5, 5.41) is 6.59. The fraction of sp³-hybridized carbons (Fsp3) is 0.238. The van der Waals surface area contributed by atoms with E-state index in [-0.39, 0.29) is 24.2 Å². The first kappa shape index (κ1) is 22.1. The van der Waals surface area contributed by atoms with Crippen LogP contribution >= 0.6 is 0 Å². The average molecular weight is 417 g/mol. The van der Waals surface area contributed by atoms with Crippen molar-refractivity contribution in [2.75, 3.05) is 19.5 Å². The normalized spacial score (nSPS) is 11.3. The summed E-state index contributed by atoms with van der Waals surface area (Å²) in [5.74, 6) is 0.491. The summed E-state index contributed by atoms with van der Waals surface area (Å²) in [5.41, 5.74) is 2.49. The van der Waals surface area contributed by atoms with E-state index < -0.39 is 6.04 Å². The van der Waals surface area contributed by atoms with Crippen LogP contribution in [0.15, 0.2) is 48.7 Å². The fourth-order valence-corrected chi connectivity index (χ4v) is 3.12. The highest BCUT2D eigenvalue weighted by molar-refractivity contribution is 5.98. The lowest BCUT2D eigenvalue weighted by molar-refractivity contribution is -0.125. The minimum Gasteiger partial charge on any atom is -1.00 e. The molecular formula is C21H23ClN3O4-. The molecule has 0 aliphatic carbocycles. The van der Waals surface area contributed by atoms with Crippen LogP contribution in [-0.2, 0) is 16.0 Å². The number of nitrogens with one attached hydrogen (secondary N) is 3. The summed E-state index contributed by atoms with van der Waals surface area (Å²) < 4.78 is 10.5. The average Bonchev–Trinajstić information content (AvgIpc) is 3.10. The van der Waals surface area contributed by atoms with E-state index in [1.54, 1.807) is 25.3 Å². The van der Waals surface area contributed by atoms with E-state index >= 15 is 0 Å². The van der Waals surface area contributed by atoms with Crippen molar-refractivity contribution in [2.24, 2.45) is 0 Å². The summed E-state index contributed by atoms with van der Waals surface area (Å²) in [7, 11) is 3.07. The molecule has 1 unspecified atom stereocenters. The Balaban J connectivity index is 0.00000300. The highest BCUT2D eigenvalue weighted by atomic mass is 35.5. The van der Waals surface area contributed by atoms with Gasteiger partial charge in [0.1, 0.15) is 6.04 Å². The molecule has 8 heteroatoms. The zero-order valence-corrected chi connectivity index (χ0v) is 17.2. The van der Waals surface area contributed by atoms with Crippen LogP contribution in [0.25, 0.3) is 10.9 Å². The maximum Gasteiger partial charge on any atom is 0.247 e. The maximum atomic E-state index is 12.9. The van der Waals surface area contributed by atoms with Crippen molar-refractivity contribution < 1.29 is 31.5 Å². The molecular weight excluding hydrogens is 394 g/mol. The molecule has 0 saturated heterocycles. The number of halogens is 1. The van der Waals surface area contributed by atoms with Crippen molar-refractivity contribution in [3.63, 3.8) is 0 Å². The third kappa shape index (κ3) is 5.20. The van der Waals surface area contributed by atoms with Gasteiger partial charge in [-0.3, -0.25) is 9.59 Å². The van der Waals surface area contributed by atoms with Crippen LogP contribution in [0.3, 0.4) is 0 Å². The number of fused-ring (bicyclic) bond motifs is 1. The second-order valence-corrected chi connectivity index (χ2v) is 6.38. The summed E-state index contributed by atoms with van der Waals surface area (Å²) >= 11 is 0. The summed E-state index contributed by atoms with van der Waals surface area (Å²) in [6.45, 7) is 1.39. The molecule has 154 valence electrons. The Kier molecular flexibility index (Phi) is 7.50. The topological polar surface area (TPSA) is 92.5 Å². The number of para-hydroxylation sites is 1. The Labute approximate surface area is 175 Å². The van der Waals surface area contributed by atoms with Gasteiger partial charge in [0.25, 0.3) is 0 Å². The number of anilines is 1. The van der Waals surface area contributed by atoms with Gasteiger partial charge in [-0.25, -0.2) is 0 Å². The number of rotatable bonds is 7. The van der Waals surface area contributed by atoms with Gasteiger partial charge in [-0.15, -0.1) is 0 Å². The molecule has 0 saturated carbocycles.